The molecule has 0 spiro atoms. The summed E-state index contributed by atoms with van der Waals surface area (Å²) in [5.74, 6) is 0.889. The highest BCUT2D eigenvalue weighted by atomic mass is 32.2. The number of sulfonamides is 1. The predicted octanol–water partition coefficient (Wildman–Crippen LogP) is 2.93. The van der Waals surface area contributed by atoms with Crippen molar-refractivity contribution in [3.8, 4) is 5.75 Å². The molecule has 4 nitrogen and oxygen atoms in total. The van der Waals surface area contributed by atoms with Gasteiger partial charge in [-0.05, 0) is 43.0 Å². The third-order valence-electron chi connectivity index (χ3n) is 3.40. The first-order valence-electron chi connectivity index (χ1n) is 7.76. The van der Waals surface area contributed by atoms with Gasteiger partial charge in [0.25, 0.3) is 0 Å². The molecule has 0 amide bonds. The van der Waals surface area contributed by atoms with Crippen LogP contribution >= 0.6 is 0 Å². The number of ether oxygens (including phenoxy) is 1. The van der Waals surface area contributed by atoms with Gasteiger partial charge in [0, 0.05) is 6.54 Å². The summed E-state index contributed by atoms with van der Waals surface area (Å²) in [5, 5.41) is 0. The fourth-order valence-corrected chi connectivity index (χ4v) is 3.32. The molecule has 2 aromatic rings. The van der Waals surface area contributed by atoms with Crippen molar-refractivity contribution in [3.63, 3.8) is 0 Å². The molecule has 0 aromatic heterocycles. The molecule has 0 radical (unpaired) electrons. The second-order valence-electron chi connectivity index (χ2n) is 5.47. The van der Waals surface area contributed by atoms with Crippen LogP contribution in [0.1, 0.15) is 17.5 Å². The third kappa shape index (κ3) is 6.84. The molecule has 0 aliphatic rings. The lowest BCUT2D eigenvalue weighted by molar-refractivity contribution is 0.322. The number of aryl methyl sites for hydroxylation is 2. The largest absolute Gasteiger partial charge is 0.492 e. The molecule has 5 heteroatoms. The highest BCUT2D eigenvalue weighted by Crippen LogP contribution is 2.11. The SMILES string of the molecule is Cc1cccc(OCCNS(=O)(=O)CCCc2ccccc2)c1. The minimum atomic E-state index is -3.24. The highest BCUT2D eigenvalue weighted by molar-refractivity contribution is 7.89. The zero-order valence-electron chi connectivity index (χ0n) is 13.4. The van der Waals surface area contributed by atoms with Gasteiger partial charge in [0.15, 0.2) is 0 Å². The lowest BCUT2D eigenvalue weighted by Crippen LogP contribution is -2.30. The Bertz CT molecular complexity index is 699. The van der Waals surface area contributed by atoms with Crippen molar-refractivity contribution in [3.05, 3.63) is 65.7 Å². The van der Waals surface area contributed by atoms with Crippen LogP contribution in [0.3, 0.4) is 0 Å². The van der Waals surface area contributed by atoms with Gasteiger partial charge in [-0.1, -0.05) is 42.5 Å². The van der Waals surface area contributed by atoms with E-state index in [1.165, 1.54) is 0 Å². The van der Waals surface area contributed by atoms with Crippen LogP contribution in [-0.4, -0.2) is 27.3 Å². The van der Waals surface area contributed by atoms with E-state index in [1.807, 2.05) is 61.5 Å². The lowest BCUT2D eigenvalue weighted by atomic mass is 10.1. The average Bonchev–Trinajstić information content (AvgIpc) is 2.53. The van der Waals surface area contributed by atoms with E-state index in [-0.39, 0.29) is 12.3 Å². The summed E-state index contributed by atoms with van der Waals surface area (Å²) in [7, 11) is -3.24. The molecule has 0 heterocycles. The van der Waals surface area contributed by atoms with Crippen molar-refractivity contribution < 1.29 is 13.2 Å². The summed E-state index contributed by atoms with van der Waals surface area (Å²) in [6, 6.07) is 17.6. The second-order valence-corrected chi connectivity index (χ2v) is 7.39. The van der Waals surface area contributed by atoms with Gasteiger partial charge in [0.1, 0.15) is 12.4 Å². The first-order valence-corrected chi connectivity index (χ1v) is 9.41. The van der Waals surface area contributed by atoms with E-state index in [9.17, 15) is 8.42 Å². The van der Waals surface area contributed by atoms with Gasteiger partial charge in [-0.15, -0.1) is 0 Å². The zero-order chi connectivity index (χ0) is 16.5. The Morgan fingerprint density at radius 3 is 2.57 bits per heavy atom. The Kier molecular flexibility index (Phi) is 6.62. The first kappa shape index (κ1) is 17.5. The molecule has 0 fully saturated rings. The van der Waals surface area contributed by atoms with Gasteiger partial charge in [0.05, 0.1) is 5.75 Å². The lowest BCUT2D eigenvalue weighted by Gasteiger charge is -2.09. The van der Waals surface area contributed by atoms with Crippen molar-refractivity contribution in [2.45, 2.75) is 19.8 Å². The van der Waals surface area contributed by atoms with E-state index < -0.39 is 10.0 Å². The summed E-state index contributed by atoms with van der Waals surface area (Å²) < 4.78 is 31.9. The monoisotopic (exact) mass is 333 g/mol. The topological polar surface area (TPSA) is 55.4 Å². The molecule has 0 saturated heterocycles. The van der Waals surface area contributed by atoms with Gasteiger partial charge in [-0.2, -0.15) is 0 Å². The Morgan fingerprint density at radius 1 is 1.04 bits per heavy atom. The normalized spacial score (nSPS) is 11.3. The number of hydrogen-bond acceptors (Lipinski definition) is 3. The van der Waals surface area contributed by atoms with Crippen LogP contribution in [-0.2, 0) is 16.4 Å². The van der Waals surface area contributed by atoms with E-state index in [1.54, 1.807) is 0 Å². The smallest absolute Gasteiger partial charge is 0.211 e. The van der Waals surface area contributed by atoms with E-state index in [0.29, 0.717) is 13.0 Å². The van der Waals surface area contributed by atoms with Crippen LogP contribution in [0.5, 0.6) is 5.75 Å². The summed E-state index contributed by atoms with van der Waals surface area (Å²) >= 11 is 0. The Labute approximate surface area is 138 Å². The van der Waals surface area contributed by atoms with Crippen molar-refractivity contribution in [2.75, 3.05) is 18.9 Å². The quantitative estimate of drug-likeness (QED) is 0.718. The van der Waals surface area contributed by atoms with Crippen LogP contribution in [0.4, 0.5) is 0 Å². The summed E-state index contributed by atoms with van der Waals surface area (Å²) in [5.41, 5.74) is 2.27. The number of rotatable bonds is 9. The van der Waals surface area contributed by atoms with Crippen LogP contribution in [0.25, 0.3) is 0 Å². The fraction of sp³-hybridized carbons (Fsp3) is 0.333. The van der Waals surface area contributed by atoms with Gasteiger partial charge in [0.2, 0.25) is 10.0 Å². The van der Waals surface area contributed by atoms with Gasteiger partial charge in [-0.25, -0.2) is 13.1 Å². The standard InChI is InChI=1S/C18H23NO3S/c1-16-7-5-11-18(15-16)22-13-12-19-23(20,21)14-6-10-17-8-3-2-4-9-17/h2-5,7-9,11,15,19H,6,10,12-14H2,1H3. The maximum absolute atomic E-state index is 11.9. The Hall–Kier alpha value is -1.85. The maximum atomic E-state index is 11.9. The molecule has 0 aliphatic carbocycles. The summed E-state index contributed by atoms with van der Waals surface area (Å²) in [6.07, 6.45) is 1.37. The molecule has 0 atom stereocenters. The van der Waals surface area contributed by atoms with Crippen molar-refractivity contribution in [1.82, 2.24) is 4.72 Å². The molecule has 23 heavy (non-hydrogen) atoms. The highest BCUT2D eigenvalue weighted by Gasteiger charge is 2.09. The van der Waals surface area contributed by atoms with Crippen molar-refractivity contribution in [1.29, 1.82) is 0 Å². The molecule has 0 bridgehead atoms. The van der Waals surface area contributed by atoms with Crippen LogP contribution in [0.15, 0.2) is 54.6 Å². The second kappa shape index (κ2) is 8.70. The third-order valence-corrected chi connectivity index (χ3v) is 4.87. The molecule has 124 valence electrons. The van der Waals surface area contributed by atoms with E-state index in [4.69, 9.17) is 4.74 Å². The average molecular weight is 333 g/mol. The van der Waals surface area contributed by atoms with Gasteiger partial charge >= 0.3 is 0 Å². The van der Waals surface area contributed by atoms with E-state index >= 15 is 0 Å². The van der Waals surface area contributed by atoms with Gasteiger partial charge < -0.3 is 4.74 Å². The van der Waals surface area contributed by atoms with Gasteiger partial charge in [-0.3, -0.25) is 0 Å². The molecular formula is C18H23NO3S. The number of nitrogens with one attached hydrogen (secondary N) is 1. The van der Waals surface area contributed by atoms with Crippen LogP contribution in [0.2, 0.25) is 0 Å². The summed E-state index contributed by atoms with van der Waals surface area (Å²) in [4.78, 5) is 0. The molecule has 0 aliphatic heterocycles. The summed E-state index contributed by atoms with van der Waals surface area (Å²) in [6.45, 7) is 2.59. The molecule has 2 rings (SSSR count). The zero-order valence-corrected chi connectivity index (χ0v) is 14.2. The first-order chi connectivity index (χ1) is 11.1. The maximum Gasteiger partial charge on any atom is 0.211 e. The Morgan fingerprint density at radius 2 is 1.83 bits per heavy atom. The molecule has 1 N–H and O–H groups in total. The molecule has 2 aromatic carbocycles. The predicted molar refractivity (Wildman–Crippen MR) is 93.2 cm³/mol. The van der Waals surface area contributed by atoms with E-state index in [2.05, 4.69) is 4.72 Å². The van der Waals surface area contributed by atoms with Crippen molar-refractivity contribution in [2.24, 2.45) is 0 Å². The van der Waals surface area contributed by atoms with Crippen LogP contribution in [0, 0.1) is 6.92 Å². The number of benzene rings is 2. The minimum Gasteiger partial charge on any atom is -0.492 e. The van der Waals surface area contributed by atoms with E-state index in [0.717, 1.165) is 23.3 Å². The molecular weight excluding hydrogens is 310 g/mol. The fourth-order valence-electron chi connectivity index (χ4n) is 2.25. The Balaban J connectivity index is 1.65. The van der Waals surface area contributed by atoms with Crippen LogP contribution < -0.4 is 9.46 Å². The molecule has 0 saturated carbocycles. The molecule has 0 unspecified atom stereocenters. The minimum absolute atomic E-state index is 0.131. The number of hydrogen-bond donors (Lipinski definition) is 1. The van der Waals surface area contributed by atoms with Crippen molar-refractivity contribution >= 4 is 10.0 Å².